The van der Waals surface area contributed by atoms with Gasteiger partial charge in [0.1, 0.15) is 18.3 Å². The van der Waals surface area contributed by atoms with Gasteiger partial charge in [-0.3, -0.25) is 13.9 Å². The monoisotopic (exact) mass is 509 g/mol. The molecule has 0 spiro atoms. The molecule has 0 heterocycles. The van der Waals surface area contributed by atoms with Crippen LogP contribution in [0.5, 0.6) is 5.75 Å². The molecule has 186 valence electrons. The highest BCUT2D eigenvalue weighted by molar-refractivity contribution is 7.92. The topological polar surface area (TPSA) is 96.0 Å². The van der Waals surface area contributed by atoms with Gasteiger partial charge < -0.3 is 15.0 Å². The molecule has 2 aromatic rings. The Morgan fingerprint density at radius 1 is 1.06 bits per heavy atom. The molecule has 0 aliphatic heterocycles. The van der Waals surface area contributed by atoms with Crippen LogP contribution < -0.4 is 14.4 Å². The molecule has 1 atom stereocenters. The molecule has 0 aliphatic carbocycles. The Morgan fingerprint density at radius 3 is 2.18 bits per heavy atom. The summed E-state index contributed by atoms with van der Waals surface area (Å²) in [6, 6.07) is 12.6. The SMILES string of the molecule is CCCNC(=O)C(CC)N(Cc1ccc(OC)cc1)C(=O)CN(c1ccc(Cl)cc1)S(C)(=O)=O. The highest BCUT2D eigenvalue weighted by Crippen LogP contribution is 2.22. The first-order chi connectivity index (χ1) is 16.1. The smallest absolute Gasteiger partial charge is 0.244 e. The molecule has 2 rings (SSSR count). The van der Waals surface area contributed by atoms with Gasteiger partial charge >= 0.3 is 0 Å². The van der Waals surface area contributed by atoms with Crippen molar-refractivity contribution < 1.29 is 22.7 Å². The van der Waals surface area contributed by atoms with E-state index >= 15 is 0 Å². The third-order valence-corrected chi connectivity index (χ3v) is 6.63. The van der Waals surface area contributed by atoms with Crippen LogP contribution in [0.3, 0.4) is 0 Å². The summed E-state index contributed by atoms with van der Waals surface area (Å²) in [6.45, 7) is 3.93. The Morgan fingerprint density at radius 2 is 1.68 bits per heavy atom. The van der Waals surface area contributed by atoms with Crippen LogP contribution in [0.2, 0.25) is 5.02 Å². The van der Waals surface area contributed by atoms with E-state index in [9.17, 15) is 18.0 Å². The number of methoxy groups -OCH3 is 1. The summed E-state index contributed by atoms with van der Waals surface area (Å²) in [5.74, 6) is -0.0985. The van der Waals surface area contributed by atoms with E-state index in [-0.39, 0.29) is 12.5 Å². The fraction of sp³-hybridized carbons (Fsp3) is 0.417. The van der Waals surface area contributed by atoms with E-state index in [0.29, 0.717) is 29.4 Å². The van der Waals surface area contributed by atoms with Gasteiger partial charge in [-0.15, -0.1) is 0 Å². The van der Waals surface area contributed by atoms with Crippen LogP contribution in [0.1, 0.15) is 32.3 Å². The number of hydrogen-bond donors (Lipinski definition) is 1. The van der Waals surface area contributed by atoms with E-state index in [1.807, 2.05) is 26.0 Å². The van der Waals surface area contributed by atoms with E-state index < -0.39 is 28.5 Å². The molecule has 0 saturated carbocycles. The van der Waals surface area contributed by atoms with Crippen molar-refractivity contribution in [3.05, 3.63) is 59.1 Å². The van der Waals surface area contributed by atoms with Gasteiger partial charge in [-0.05, 0) is 54.8 Å². The predicted molar refractivity (Wildman–Crippen MR) is 135 cm³/mol. The molecular weight excluding hydrogens is 478 g/mol. The lowest BCUT2D eigenvalue weighted by Crippen LogP contribution is -2.52. The first-order valence-corrected chi connectivity index (χ1v) is 13.3. The predicted octanol–water partition coefficient (Wildman–Crippen LogP) is 3.45. The Bertz CT molecular complexity index is 1060. The molecule has 2 amide bonds. The van der Waals surface area contributed by atoms with Gasteiger partial charge in [-0.1, -0.05) is 37.6 Å². The summed E-state index contributed by atoms with van der Waals surface area (Å²) in [5.41, 5.74) is 1.10. The van der Waals surface area contributed by atoms with E-state index in [2.05, 4.69) is 5.32 Å². The Balaban J connectivity index is 2.40. The maximum Gasteiger partial charge on any atom is 0.244 e. The zero-order chi connectivity index (χ0) is 25.3. The molecule has 0 saturated heterocycles. The van der Waals surface area contributed by atoms with E-state index in [4.69, 9.17) is 16.3 Å². The average Bonchev–Trinajstić information content (AvgIpc) is 2.81. The number of carbonyl (C=O) groups excluding carboxylic acids is 2. The third kappa shape index (κ3) is 7.63. The minimum Gasteiger partial charge on any atom is -0.497 e. The summed E-state index contributed by atoms with van der Waals surface area (Å²) in [4.78, 5) is 27.9. The van der Waals surface area contributed by atoms with Crippen molar-refractivity contribution in [3.63, 3.8) is 0 Å². The number of ether oxygens (including phenoxy) is 1. The first-order valence-electron chi connectivity index (χ1n) is 11.0. The largest absolute Gasteiger partial charge is 0.497 e. The molecular formula is C24H32ClN3O5S. The van der Waals surface area contributed by atoms with Crippen LogP contribution in [-0.4, -0.2) is 57.6 Å². The van der Waals surface area contributed by atoms with Gasteiger partial charge in [0, 0.05) is 18.1 Å². The van der Waals surface area contributed by atoms with E-state index in [1.165, 1.54) is 17.0 Å². The number of halogens is 1. The van der Waals surface area contributed by atoms with Crippen molar-refractivity contribution in [2.24, 2.45) is 0 Å². The van der Waals surface area contributed by atoms with Crippen LogP contribution in [0, 0.1) is 0 Å². The van der Waals surface area contributed by atoms with Gasteiger partial charge in [0.05, 0.1) is 19.1 Å². The van der Waals surface area contributed by atoms with Crippen LogP contribution >= 0.6 is 11.6 Å². The number of anilines is 1. The van der Waals surface area contributed by atoms with E-state index in [1.54, 1.807) is 31.4 Å². The van der Waals surface area contributed by atoms with Crippen molar-refractivity contribution in [2.45, 2.75) is 39.3 Å². The Hall–Kier alpha value is -2.78. The quantitative estimate of drug-likeness (QED) is 0.472. The van der Waals surface area contributed by atoms with E-state index in [0.717, 1.165) is 22.5 Å². The number of hydrogen-bond acceptors (Lipinski definition) is 5. The normalized spacial score (nSPS) is 12.0. The maximum absolute atomic E-state index is 13.5. The van der Waals surface area contributed by atoms with Crippen molar-refractivity contribution in [1.82, 2.24) is 10.2 Å². The molecule has 0 aromatic heterocycles. The van der Waals surface area contributed by atoms with Gasteiger partial charge in [0.2, 0.25) is 21.8 Å². The molecule has 0 aliphatic rings. The summed E-state index contributed by atoms with van der Waals surface area (Å²) in [5, 5.41) is 3.29. The lowest BCUT2D eigenvalue weighted by Gasteiger charge is -2.33. The maximum atomic E-state index is 13.5. The third-order valence-electron chi connectivity index (χ3n) is 5.24. The number of carbonyl (C=O) groups is 2. The molecule has 1 unspecified atom stereocenters. The number of rotatable bonds is 12. The summed E-state index contributed by atoms with van der Waals surface area (Å²) in [6.07, 6.45) is 2.16. The summed E-state index contributed by atoms with van der Waals surface area (Å²) < 4.78 is 31.3. The molecule has 8 nitrogen and oxygen atoms in total. The number of nitrogens with zero attached hydrogens (tertiary/aromatic N) is 2. The second-order valence-corrected chi connectivity index (χ2v) is 10.2. The van der Waals surface area contributed by atoms with Gasteiger partial charge in [-0.25, -0.2) is 8.42 Å². The molecule has 10 heteroatoms. The van der Waals surface area contributed by atoms with Crippen LogP contribution in [0.15, 0.2) is 48.5 Å². The average molecular weight is 510 g/mol. The lowest BCUT2D eigenvalue weighted by molar-refractivity contribution is -0.140. The molecule has 0 fully saturated rings. The van der Waals surface area contributed by atoms with Crippen LogP contribution in [0.4, 0.5) is 5.69 Å². The molecule has 1 N–H and O–H groups in total. The number of benzene rings is 2. The number of sulfonamides is 1. The number of nitrogens with one attached hydrogen (secondary N) is 1. The zero-order valence-corrected chi connectivity index (χ0v) is 21.5. The fourth-order valence-corrected chi connectivity index (χ4v) is 4.41. The summed E-state index contributed by atoms with van der Waals surface area (Å²) >= 11 is 5.94. The van der Waals surface area contributed by atoms with Crippen molar-refractivity contribution >= 4 is 39.1 Å². The molecule has 34 heavy (non-hydrogen) atoms. The second-order valence-electron chi connectivity index (χ2n) is 7.83. The second kappa shape index (κ2) is 12.6. The van der Waals surface area contributed by atoms with Crippen LogP contribution in [-0.2, 0) is 26.2 Å². The Labute approximate surface area is 206 Å². The highest BCUT2D eigenvalue weighted by Gasteiger charge is 2.31. The minimum atomic E-state index is -3.78. The van der Waals surface area contributed by atoms with Crippen molar-refractivity contribution in [1.29, 1.82) is 0 Å². The first kappa shape index (κ1) is 27.5. The zero-order valence-electron chi connectivity index (χ0n) is 20.0. The van der Waals surface area contributed by atoms with Crippen molar-refractivity contribution in [2.75, 3.05) is 30.8 Å². The lowest BCUT2D eigenvalue weighted by atomic mass is 10.1. The molecule has 0 radical (unpaired) electrons. The van der Waals surface area contributed by atoms with Gasteiger partial charge in [0.25, 0.3) is 0 Å². The number of amides is 2. The summed E-state index contributed by atoms with van der Waals surface area (Å²) in [7, 11) is -2.22. The van der Waals surface area contributed by atoms with Crippen LogP contribution in [0.25, 0.3) is 0 Å². The van der Waals surface area contributed by atoms with Crippen molar-refractivity contribution in [3.8, 4) is 5.75 Å². The highest BCUT2D eigenvalue weighted by atomic mass is 35.5. The Kier molecular flexibility index (Phi) is 10.2. The van der Waals surface area contributed by atoms with Gasteiger partial charge in [0.15, 0.2) is 0 Å². The molecule has 2 aromatic carbocycles. The standard InChI is InChI=1S/C24H32ClN3O5S/c1-5-15-26-24(30)22(6-2)27(16-18-7-13-21(33-3)14-8-18)23(29)17-28(34(4,31)32)20-11-9-19(25)10-12-20/h7-14,22H,5-6,15-17H2,1-4H3,(H,26,30). The molecule has 0 bridgehead atoms. The minimum absolute atomic E-state index is 0.138. The fourth-order valence-electron chi connectivity index (χ4n) is 3.43. The van der Waals surface area contributed by atoms with Gasteiger partial charge in [-0.2, -0.15) is 0 Å².